The Morgan fingerprint density at radius 2 is 1.29 bits per heavy atom. The molecule has 0 saturated carbocycles. The molecule has 0 aliphatic heterocycles. The molecule has 0 aromatic carbocycles. The maximum Gasteiger partial charge on any atom is 0.215 e. The van der Waals surface area contributed by atoms with Crippen molar-refractivity contribution in [1.29, 1.82) is 0 Å². The van der Waals surface area contributed by atoms with Crippen molar-refractivity contribution in [2.45, 2.75) is 89.2 Å². The Bertz CT molecular complexity index is 178. The van der Waals surface area contributed by atoms with E-state index in [1.54, 1.807) is 0 Å². The summed E-state index contributed by atoms with van der Waals surface area (Å²) >= 11 is 4.25. The predicted molar refractivity (Wildman–Crippen MR) is 79.5 cm³/mol. The van der Waals surface area contributed by atoms with Crippen LogP contribution in [0.25, 0.3) is 0 Å². The molecule has 17 heavy (non-hydrogen) atoms. The molecule has 0 bridgehead atoms. The Labute approximate surface area is 113 Å². The average molecular weight is 257 g/mol. The minimum absolute atomic E-state index is 0.528. The molecule has 0 spiro atoms. The molecule has 0 aromatic rings. The van der Waals surface area contributed by atoms with Crippen LogP contribution in [0.4, 0.5) is 0 Å². The van der Waals surface area contributed by atoms with Crippen molar-refractivity contribution in [3.63, 3.8) is 0 Å². The largest absolute Gasteiger partial charge is 0.289 e. The van der Waals surface area contributed by atoms with Gasteiger partial charge in [-0.25, -0.2) is 0 Å². The number of rotatable bonds is 12. The lowest BCUT2D eigenvalue weighted by Gasteiger charge is -2.13. The molecule has 0 aliphatic rings. The first-order valence-corrected chi connectivity index (χ1v) is 7.69. The van der Waals surface area contributed by atoms with E-state index in [2.05, 4.69) is 19.6 Å². The second-order valence-electron chi connectivity index (χ2n) is 5.31. The van der Waals surface area contributed by atoms with Crippen molar-refractivity contribution < 1.29 is 4.79 Å². The fourth-order valence-electron chi connectivity index (χ4n) is 2.01. The minimum Gasteiger partial charge on any atom is -0.289 e. The van der Waals surface area contributed by atoms with Gasteiger partial charge in [0.15, 0.2) is 0 Å². The lowest BCUT2D eigenvalue weighted by Crippen LogP contribution is -2.17. The predicted octanol–water partition coefficient (Wildman–Crippen LogP) is 5.10. The van der Waals surface area contributed by atoms with Crippen LogP contribution in [0.3, 0.4) is 0 Å². The van der Waals surface area contributed by atoms with E-state index < -0.39 is 4.75 Å². The molecule has 2 heteroatoms. The van der Waals surface area contributed by atoms with E-state index in [1.165, 1.54) is 57.8 Å². The summed E-state index contributed by atoms with van der Waals surface area (Å²) in [6.45, 7) is 4.10. The number of unbranched alkanes of at least 4 members (excludes halogenated alkanes) is 9. The SMILES string of the molecule is CCCCCCCCCCCCC(C)(S)[C]=O. The summed E-state index contributed by atoms with van der Waals surface area (Å²) in [5.41, 5.74) is 0. The van der Waals surface area contributed by atoms with E-state index in [4.69, 9.17) is 0 Å². The summed E-state index contributed by atoms with van der Waals surface area (Å²) in [7, 11) is 0. The van der Waals surface area contributed by atoms with Crippen LogP contribution >= 0.6 is 12.6 Å². The normalized spacial score (nSPS) is 14.5. The van der Waals surface area contributed by atoms with E-state index in [1.807, 2.05) is 13.2 Å². The van der Waals surface area contributed by atoms with E-state index in [0.717, 1.165) is 12.8 Å². The van der Waals surface area contributed by atoms with E-state index in [0.29, 0.717) is 0 Å². The zero-order valence-electron chi connectivity index (χ0n) is 11.6. The maximum atomic E-state index is 10.5. The molecular formula is C15H29OS. The van der Waals surface area contributed by atoms with Gasteiger partial charge in [0, 0.05) is 0 Å². The Balaban J connectivity index is 3.11. The van der Waals surface area contributed by atoms with Crippen molar-refractivity contribution in [1.82, 2.24) is 0 Å². The molecule has 101 valence electrons. The topological polar surface area (TPSA) is 17.1 Å². The molecule has 0 aliphatic carbocycles. The van der Waals surface area contributed by atoms with Crippen molar-refractivity contribution in [3.8, 4) is 0 Å². The molecule has 0 rings (SSSR count). The number of hydrogen-bond acceptors (Lipinski definition) is 2. The first kappa shape index (κ1) is 17.0. The Hall–Kier alpha value is 0.0200. The number of thiol groups is 1. The summed E-state index contributed by atoms with van der Waals surface area (Å²) in [6, 6.07) is 0. The first-order valence-electron chi connectivity index (χ1n) is 7.24. The van der Waals surface area contributed by atoms with Gasteiger partial charge in [-0.2, -0.15) is 12.6 Å². The van der Waals surface area contributed by atoms with E-state index in [-0.39, 0.29) is 0 Å². The minimum atomic E-state index is -0.528. The molecule has 0 amide bonds. The van der Waals surface area contributed by atoms with Crippen LogP contribution in [-0.2, 0) is 4.79 Å². The molecule has 1 unspecified atom stereocenters. The van der Waals surface area contributed by atoms with Crippen LogP contribution in [-0.4, -0.2) is 11.0 Å². The highest BCUT2D eigenvalue weighted by Crippen LogP contribution is 2.20. The van der Waals surface area contributed by atoms with Gasteiger partial charge in [0.1, 0.15) is 0 Å². The van der Waals surface area contributed by atoms with Gasteiger partial charge in [0.05, 0.1) is 4.75 Å². The molecular weight excluding hydrogens is 228 g/mol. The van der Waals surface area contributed by atoms with Crippen LogP contribution in [0.2, 0.25) is 0 Å². The summed E-state index contributed by atoms with van der Waals surface area (Å²) in [6.07, 6.45) is 16.1. The van der Waals surface area contributed by atoms with E-state index in [9.17, 15) is 4.79 Å². The van der Waals surface area contributed by atoms with Crippen molar-refractivity contribution >= 4 is 18.9 Å². The monoisotopic (exact) mass is 257 g/mol. The third kappa shape index (κ3) is 12.3. The fraction of sp³-hybridized carbons (Fsp3) is 0.933. The summed E-state index contributed by atoms with van der Waals surface area (Å²) in [4.78, 5) is 10.5. The first-order chi connectivity index (χ1) is 8.12. The summed E-state index contributed by atoms with van der Waals surface area (Å²) in [5.74, 6) is 0. The lowest BCUT2D eigenvalue weighted by atomic mass is 10.0. The van der Waals surface area contributed by atoms with E-state index >= 15 is 0 Å². The van der Waals surface area contributed by atoms with Crippen molar-refractivity contribution in [2.24, 2.45) is 0 Å². The van der Waals surface area contributed by atoms with Crippen LogP contribution in [0.15, 0.2) is 0 Å². The highest BCUT2D eigenvalue weighted by atomic mass is 32.1. The smallest absolute Gasteiger partial charge is 0.215 e. The van der Waals surface area contributed by atoms with Gasteiger partial charge < -0.3 is 0 Å². The summed E-state index contributed by atoms with van der Waals surface area (Å²) < 4.78 is -0.528. The molecule has 1 radical (unpaired) electrons. The van der Waals surface area contributed by atoms with Gasteiger partial charge >= 0.3 is 0 Å². The molecule has 1 nitrogen and oxygen atoms in total. The van der Waals surface area contributed by atoms with Crippen molar-refractivity contribution in [3.05, 3.63) is 0 Å². The summed E-state index contributed by atoms with van der Waals surface area (Å²) in [5, 5.41) is 0. The third-order valence-electron chi connectivity index (χ3n) is 3.24. The maximum absolute atomic E-state index is 10.5. The molecule has 1 atom stereocenters. The molecule has 0 saturated heterocycles. The van der Waals surface area contributed by atoms with Crippen LogP contribution in [0, 0.1) is 0 Å². The molecule has 0 N–H and O–H groups in total. The molecule has 0 aromatic heterocycles. The fourth-order valence-corrected chi connectivity index (χ4v) is 2.17. The quantitative estimate of drug-likeness (QED) is 0.380. The second kappa shape index (κ2) is 11.1. The Morgan fingerprint density at radius 3 is 1.71 bits per heavy atom. The third-order valence-corrected chi connectivity index (χ3v) is 3.55. The highest BCUT2D eigenvalue weighted by molar-refractivity contribution is 7.82. The van der Waals surface area contributed by atoms with Crippen LogP contribution in [0.1, 0.15) is 84.5 Å². The Kier molecular flexibility index (Phi) is 11.1. The lowest BCUT2D eigenvalue weighted by molar-refractivity contribution is 0.512. The average Bonchev–Trinajstić information content (AvgIpc) is 2.31. The zero-order chi connectivity index (χ0) is 13.0. The Morgan fingerprint density at radius 1 is 0.882 bits per heavy atom. The van der Waals surface area contributed by atoms with Gasteiger partial charge in [-0.05, 0) is 13.3 Å². The standard InChI is InChI=1S/C15H29OS/c1-3-4-5-6-7-8-9-10-11-12-13-15(2,17)14-16/h17H,3-13H2,1-2H3. The highest BCUT2D eigenvalue weighted by Gasteiger charge is 2.17. The van der Waals surface area contributed by atoms with Gasteiger partial charge in [-0.3, -0.25) is 4.79 Å². The van der Waals surface area contributed by atoms with Gasteiger partial charge in [-0.15, -0.1) is 0 Å². The zero-order valence-corrected chi connectivity index (χ0v) is 12.5. The number of hydrogen-bond donors (Lipinski definition) is 1. The molecule has 0 heterocycles. The van der Waals surface area contributed by atoms with Gasteiger partial charge in [-0.1, -0.05) is 71.1 Å². The second-order valence-corrected chi connectivity index (χ2v) is 6.29. The van der Waals surface area contributed by atoms with Crippen molar-refractivity contribution in [2.75, 3.05) is 0 Å². The molecule has 0 fully saturated rings. The van der Waals surface area contributed by atoms with Gasteiger partial charge in [0.25, 0.3) is 0 Å². The van der Waals surface area contributed by atoms with Crippen LogP contribution < -0.4 is 0 Å². The number of carbonyl (C=O) groups excluding carboxylic acids is 1. The van der Waals surface area contributed by atoms with Gasteiger partial charge in [0.2, 0.25) is 6.29 Å². The van der Waals surface area contributed by atoms with Crippen LogP contribution in [0.5, 0.6) is 0 Å².